The van der Waals surface area contributed by atoms with Gasteiger partial charge in [-0.1, -0.05) is 24.3 Å². The Hall–Kier alpha value is -3.32. The molecule has 0 heterocycles. The normalized spacial score (nSPS) is 11.7. The Morgan fingerprint density at radius 3 is 1.31 bits per heavy atom. The lowest BCUT2D eigenvalue weighted by Gasteiger charge is -2.15. The fourth-order valence-corrected chi connectivity index (χ4v) is 5.71. The van der Waals surface area contributed by atoms with Crippen molar-refractivity contribution in [2.24, 2.45) is 0 Å². The van der Waals surface area contributed by atoms with Crippen molar-refractivity contribution in [3.05, 3.63) is 71.8 Å². The predicted octanol–water partition coefficient (Wildman–Crippen LogP) is 2.68. The summed E-state index contributed by atoms with van der Waals surface area (Å²) in [4.78, 5) is -0.0915. The van der Waals surface area contributed by atoms with Gasteiger partial charge in [-0.15, -0.1) is 0 Å². The highest BCUT2D eigenvalue weighted by atomic mass is 32.2. The third-order valence-electron chi connectivity index (χ3n) is 5.34. The van der Waals surface area contributed by atoms with Crippen molar-refractivity contribution in [2.75, 3.05) is 28.4 Å². The largest absolute Gasteiger partial charge is 0.497 e. The van der Waals surface area contributed by atoms with E-state index in [9.17, 15) is 16.8 Å². The van der Waals surface area contributed by atoms with Gasteiger partial charge in [0.25, 0.3) is 0 Å². The van der Waals surface area contributed by atoms with Crippen molar-refractivity contribution in [3.8, 4) is 23.0 Å². The van der Waals surface area contributed by atoms with Gasteiger partial charge in [-0.25, -0.2) is 26.3 Å². The molecule has 0 spiro atoms. The molecule has 0 atom stereocenters. The number of methoxy groups -OCH3 is 4. The molecule has 2 N–H and O–H groups in total. The van der Waals surface area contributed by atoms with Crippen molar-refractivity contribution >= 4 is 20.0 Å². The Labute approximate surface area is 211 Å². The van der Waals surface area contributed by atoms with Crippen molar-refractivity contribution in [3.63, 3.8) is 0 Å². The van der Waals surface area contributed by atoms with Crippen LogP contribution in [0.1, 0.15) is 11.1 Å². The molecule has 10 nitrogen and oxygen atoms in total. The number of nitrogens with one attached hydrogen (secondary N) is 2. The molecule has 0 aliphatic heterocycles. The highest BCUT2D eigenvalue weighted by Gasteiger charge is 2.22. The van der Waals surface area contributed by atoms with Crippen molar-refractivity contribution < 1.29 is 35.8 Å². The van der Waals surface area contributed by atoms with Gasteiger partial charge < -0.3 is 18.9 Å². The molecule has 0 aliphatic rings. The SMILES string of the molecule is COc1ccc(S(=O)(=O)NCc2ccccc2CNS(=O)(=O)c2ccc(OC)cc2OC)c(OC)c1. The van der Waals surface area contributed by atoms with Gasteiger partial charge in [0.15, 0.2) is 0 Å². The lowest BCUT2D eigenvalue weighted by Crippen LogP contribution is -2.27. The van der Waals surface area contributed by atoms with E-state index in [1.165, 1.54) is 64.8 Å². The standard InChI is InChI=1S/C24H28N2O8S2/c1-31-19-9-11-23(21(13-19)33-3)35(27,28)25-15-17-7-5-6-8-18(17)16-26-36(29,30)24-12-10-20(32-2)14-22(24)34-4/h5-14,25-26H,15-16H2,1-4H3. The summed E-state index contributed by atoms with van der Waals surface area (Å²) in [5.41, 5.74) is 1.19. The molecule has 0 aromatic heterocycles. The first-order valence-electron chi connectivity index (χ1n) is 10.7. The number of ether oxygens (including phenoxy) is 4. The minimum Gasteiger partial charge on any atom is -0.497 e. The van der Waals surface area contributed by atoms with E-state index in [1.54, 1.807) is 24.3 Å². The molecule has 0 unspecified atom stereocenters. The highest BCUT2D eigenvalue weighted by Crippen LogP contribution is 2.29. The average Bonchev–Trinajstić information content (AvgIpc) is 2.90. The van der Waals surface area contributed by atoms with Gasteiger partial charge in [0.05, 0.1) is 28.4 Å². The molecule has 12 heteroatoms. The Kier molecular flexibility index (Phi) is 8.79. The summed E-state index contributed by atoms with van der Waals surface area (Å²) >= 11 is 0. The first-order valence-corrected chi connectivity index (χ1v) is 13.6. The van der Waals surface area contributed by atoms with E-state index in [2.05, 4.69) is 9.44 Å². The molecule has 3 aromatic rings. The van der Waals surface area contributed by atoms with E-state index < -0.39 is 20.0 Å². The minimum absolute atomic E-state index is 0.0458. The molecule has 36 heavy (non-hydrogen) atoms. The van der Waals surface area contributed by atoms with Crippen LogP contribution in [-0.4, -0.2) is 45.3 Å². The first-order chi connectivity index (χ1) is 17.1. The van der Waals surface area contributed by atoms with Gasteiger partial charge in [0.1, 0.15) is 32.8 Å². The van der Waals surface area contributed by atoms with Crippen LogP contribution in [0.2, 0.25) is 0 Å². The van der Waals surface area contributed by atoms with Crippen LogP contribution in [0.5, 0.6) is 23.0 Å². The average molecular weight is 537 g/mol. The minimum atomic E-state index is -3.94. The molecule has 3 rings (SSSR count). The zero-order chi connectivity index (χ0) is 26.3. The maximum Gasteiger partial charge on any atom is 0.244 e. The Bertz CT molecular complexity index is 1320. The summed E-state index contributed by atoms with van der Waals surface area (Å²) in [7, 11) is -2.21. The molecule has 0 amide bonds. The summed E-state index contributed by atoms with van der Waals surface area (Å²) < 4.78 is 77.6. The van der Waals surface area contributed by atoms with E-state index in [1.807, 2.05) is 0 Å². The summed E-state index contributed by atoms with van der Waals surface area (Å²) in [6, 6.07) is 15.7. The third kappa shape index (κ3) is 6.26. The Morgan fingerprint density at radius 1 is 0.583 bits per heavy atom. The van der Waals surface area contributed by atoms with Crippen molar-refractivity contribution in [1.82, 2.24) is 9.44 Å². The van der Waals surface area contributed by atoms with Crippen molar-refractivity contribution in [1.29, 1.82) is 0 Å². The number of sulfonamides is 2. The quantitative estimate of drug-likeness (QED) is 0.362. The second-order valence-corrected chi connectivity index (χ2v) is 10.9. The van der Waals surface area contributed by atoms with E-state index in [-0.39, 0.29) is 34.4 Å². The van der Waals surface area contributed by atoms with Gasteiger partial charge in [0, 0.05) is 25.2 Å². The molecule has 194 valence electrons. The van der Waals surface area contributed by atoms with Crippen LogP contribution < -0.4 is 28.4 Å². The van der Waals surface area contributed by atoms with Gasteiger partial charge in [0.2, 0.25) is 20.0 Å². The zero-order valence-electron chi connectivity index (χ0n) is 20.3. The van der Waals surface area contributed by atoms with Gasteiger partial charge in [-0.2, -0.15) is 0 Å². The number of hydrogen-bond donors (Lipinski definition) is 2. The molecule has 3 aromatic carbocycles. The van der Waals surface area contributed by atoms with Gasteiger partial charge >= 0.3 is 0 Å². The molecule has 0 bridgehead atoms. The maximum atomic E-state index is 13.0. The van der Waals surface area contributed by atoms with Crippen LogP contribution in [0.3, 0.4) is 0 Å². The number of benzene rings is 3. The van der Waals surface area contributed by atoms with Crippen LogP contribution in [-0.2, 0) is 33.1 Å². The third-order valence-corrected chi connectivity index (χ3v) is 8.23. The molecule has 0 aliphatic carbocycles. The zero-order valence-corrected chi connectivity index (χ0v) is 21.9. The Morgan fingerprint density at radius 2 is 0.972 bits per heavy atom. The van der Waals surface area contributed by atoms with Crippen LogP contribution >= 0.6 is 0 Å². The van der Waals surface area contributed by atoms with Crippen LogP contribution in [0, 0.1) is 0 Å². The Balaban J connectivity index is 1.78. The summed E-state index contributed by atoms with van der Waals surface area (Å²) in [6.45, 7) is -0.136. The smallest absolute Gasteiger partial charge is 0.244 e. The molecule has 0 saturated carbocycles. The fraction of sp³-hybridized carbons (Fsp3) is 0.250. The predicted molar refractivity (Wildman–Crippen MR) is 134 cm³/mol. The van der Waals surface area contributed by atoms with Crippen LogP contribution in [0.4, 0.5) is 0 Å². The summed E-state index contributed by atoms with van der Waals surface area (Å²) in [5.74, 6) is 1.18. The summed E-state index contributed by atoms with van der Waals surface area (Å²) in [5, 5.41) is 0. The molecular weight excluding hydrogens is 508 g/mol. The number of hydrogen-bond acceptors (Lipinski definition) is 8. The second-order valence-electron chi connectivity index (χ2n) is 7.45. The van der Waals surface area contributed by atoms with Gasteiger partial charge in [-0.3, -0.25) is 0 Å². The van der Waals surface area contributed by atoms with Crippen LogP contribution in [0.25, 0.3) is 0 Å². The van der Waals surface area contributed by atoms with Gasteiger partial charge in [-0.05, 0) is 35.4 Å². The molecule has 0 fully saturated rings. The maximum absolute atomic E-state index is 13.0. The van der Waals surface area contributed by atoms with E-state index in [4.69, 9.17) is 18.9 Å². The number of rotatable bonds is 12. The van der Waals surface area contributed by atoms with E-state index in [0.29, 0.717) is 22.6 Å². The molecule has 0 saturated heterocycles. The van der Waals surface area contributed by atoms with E-state index >= 15 is 0 Å². The van der Waals surface area contributed by atoms with E-state index in [0.717, 1.165) is 0 Å². The highest BCUT2D eigenvalue weighted by molar-refractivity contribution is 7.89. The molecule has 0 radical (unpaired) electrons. The monoisotopic (exact) mass is 536 g/mol. The lowest BCUT2D eigenvalue weighted by molar-refractivity contribution is 0.385. The fourth-order valence-electron chi connectivity index (χ4n) is 3.40. The van der Waals surface area contributed by atoms with Crippen molar-refractivity contribution in [2.45, 2.75) is 22.9 Å². The first kappa shape index (κ1) is 27.3. The summed E-state index contributed by atoms with van der Waals surface area (Å²) in [6.07, 6.45) is 0. The second kappa shape index (κ2) is 11.6. The lowest BCUT2D eigenvalue weighted by atomic mass is 10.1. The topological polar surface area (TPSA) is 129 Å². The van der Waals surface area contributed by atoms with Crippen LogP contribution in [0.15, 0.2) is 70.5 Å². The molecular formula is C24H28N2O8S2.